The fourth-order valence-electron chi connectivity index (χ4n) is 2.40. The summed E-state index contributed by atoms with van der Waals surface area (Å²) < 4.78 is 11.3. The number of para-hydroxylation sites is 1. The molecule has 1 heterocycles. The fourth-order valence-corrected chi connectivity index (χ4v) is 2.78. The van der Waals surface area contributed by atoms with Gasteiger partial charge in [-0.15, -0.1) is 0 Å². The van der Waals surface area contributed by atoms with Gasteiger partial charge in [0, 0.05) is 9.86 Å². The molecule has 0 aliphatic heterocycles. The highest BCUT2D eigenvalue weighted by atomic mass is 79.9. The molecule has 0 saturated carbocycles. The summed E-state index contributed by atoms with van der Waals surface area (Å²) in [6.45, 7) is 1.85. The zero-order chi connectivity index (χ0) is 17.3. The molecule has 3 rings (SSSR count). The third kappa shape index (κ3) is 3.05. The molecule has 6 heteroatoms. The lowest BCUT2D eigenvalue weighted by molar-refractivity contribution is 0.102. The molecule has 122 valence electrons. The maximum absolute atomic E-state index is 12.5. The van der Waals surface area contributed by atoms with E-state index in [1.54, 1.807) is 24.3 Å². The van der Waals surface area contributed by atoms with Gasteiger partial charge in [-0.1, -0.05) is 28.1 Å². The summed E-state index contributed by atoms with van der Waals surface area (Å²) in [5.41, 5.74) is 1.03. The highest BCUT2D eigenvalue weighted by Crippen LogP contribution is 2.28. The molecule has 0 saturated heterocycles. The van der Waals surface area contributed by atoms with Crippen LogP contribution in [0.2, 0.25) is 0 Å². The van der Waals surface area contributed by atoms with Crippen molar-refractivity contribution in [2.45, 2.75) is 6.92 Å². The first-order valence-electron chi connectivity index (χ1n) is 7.18. The molecule has 1 amide bonds. The summed E-state index contributed by atoms with van der Waals surface area (Å²) in [7, 11) is 1.52. The molecule has 24 heavy (non-hydrogen) atoms. The highest BCUT2D eigenvalue weighted by Gasteiger charge is 2.17. The molecule has 0 bridgehead atoms. The molecule has 0 atom stereocenters. The molecule has 0 aliphatic rings. The summed E-state index contributed by atoms with van der Waals surface area (Å²) in [6, 6.07) is 12.2. The van der Waals surface area contributed by atoms with Gasteiger partial charge in [0.25, 0.3) is 5.91 Å². The van der Waals surface area contributed by atoms with Gasteiger partial charge in [-0.3, -0.25) is 4.79 Å². The van der Waals surface area contributed by atoms with Gasteiger partial charge in [0.05, 0.1) is 12.8 Å². The van der Waals surface area contributed by atoms with Gasteiger partial charge in [-0.2, -0.15) is 0 Å². The predicted octanol–water partition coefficient (Wildman–Crippen LogP) is 4.12. The monoisotopic (exact) mass is 387 g/mol. The zero-order valence-corrected chi connectivity index (χ0v) is 14.6. The van der Waals surface area contributed by atoms with E-state index < -0.39 is 11.5 Å². The van der Waals surface area contributed by atoms with E-state index in [9.17, 15) is 9.59 Å². The van der Waals surface area contributed by atoms with E-state index in [1.165, 1.54) is 13.2 Å². The lowest BCUT2D eigenvalue weighted by atomic mass is 10.1. The minimum Gasteiger partial charge on any atom is -0.495 e. The number of rotatable bonds is 3. The number of carbonyl (C=O) groups excluding carboxylic acids is 1. The van der Waals surface area contributed by atoms with Crippen molar-refractivity contribution in [2.24, 2.45) is 0 Å². The van der Waals surface area contributed by atoms with Crippen LogP contribution in [0.4, 0.5) is 5.69 Å². The number of fused-ring (bicyclic) bond motifs is 1. The summed E-state index contributed by atoms with van der Waals surface area (Å²) in [4.78, 5) is 24.7. The molecule has 5 nitrogen and oxygen atoms in total. The van der Waals surface area contributed by atoms with Gasteiger partial charge in [0.1, 0.15) is 16.9 Å². The van der Waals surface area contributed by atoms with E-state index in [0.29, 0.717) is 22.4 Å². The van der Waals surface area contributed by atoms with Gasteiger partial charge < -0.3 is 14.5 Å². The lowest BCUT2D eigenvalue weighted by Gasteiger charge is -2.12. The molecule has 1 N–H and O–H groups in total. The number of benzene rings is 2. The third-order valence-corrected chi connectivity index (χ3v) is 4.13. The Kier molecular flexibility index (Phi) is 4.40. The SMILES string of the molecule is COc1cccc(C)c1NC(=O)c1cc2cc(Br)ccc2oc1=O. The van der Waals surface area contributed by atoms with Crippen LogP contribution in [-0.4, -0.2) is 13.0 Å². The second kappa shape index (κ2) is 6.49. The Morgan fingerprint density at radius 3 is 2.75 bits per heavy atom. The number of amides is 1. The van der Waals surface area contributed by atoms with E-state index in [0.717, 1.165) is 10.0 Å². The second-order valence-corrected chi connectivity index (χ2v) is 6.15. The average molecular weight is 388 g/mol. The van der Waals surface area contributed by atoms with Gasteiger partial charge >= 0.3 is 5.63 Å². The normalized spacial score (nSPS) is 10.6. The number of ether oxygens (including phenoxy) is 1. The van der Waals surface area contributed by atoms with Crippen molar-refractivity contribution >= 4 is 38.5 Å². The van der Waals surface area contributed by atoms with E-state index >= 15 is 0 Å². The number of hydrogen-bond donors (Lipinski definition) is 1. The molecule has 0 fully saturated rings. The molecule has 3 aromatic rings. The van der Waals surface area contributed by atoms with Crippen molar-refractivity contribution in [3.8, 4) is 5.75 Å². The quantitative estimate of drug-likeness (QED) is 0.686. The number of halogens is 1. The first kappa shape index (κ1) is 16.3. The largest absolute Gasteiger partial charge is 0.495 e. The van der Waals surface area contributed by atoms with Crippen LogP contribution >= 0.6 is 15.9 Å². The number of methoxy groups -OCH3 is 1. The van der Waals surface area contributed by atoms with Crippen molar-refractivity contribution in [2.75, 3.05) is 12.4 Å². The highest BCUT2D eigenvalue weighted by molar-refractivity contribution is 9.10. The van der Waals surface area contributed by atoms with Gasteiger partial charge in [-0.05, 0) is 42.8 Å². The van der Waals surface area contributed by atoms with Gasteiger partial charge in [-0.25, -0.2) is 4.79 Å². The molecular weight excluding hydrogens is 374 g/mol. The summed E-state index contributed by atoms with van der Waals surface area (Å²) in [5, 5.41) is 3.39. The van der Waals surface area contributed by atoms with Crippen LogP contribution in [0.3, 0.4) is 0 Å². The molecular formula is C18H14BrNO4. The fraction of sp³-hybridized carbons (Fsp3) is 0.111. The Morgan fingerprint density at radius 2 is 2.00 bits per heavy atom. The number of carbonyl (C=O) groups is 1. The Hall–Kier alpha value is -2.60. The van der Waals surface area contributed by atoms with Gasteiger partial charge in [0.15, 0.2) is 0 Å². The third-order valence-electron chi connectivity index (χ3n) is 3.63. The number of hydrogen-bond acceptors (Lipinski definition) is 4. The molecule has 0 aliphatic carbocycles. The summed E-state index contributed by atoms with van der Waals surface area (Å²) in [5.74, 6) is -0.0190. The molecule has 0 radical (unpaired) electrons. The van der Waals surface area contributed by atoms with Crippen molar-refractivity contribution < 1.29 is 13.9 Å². The minimum absolute atomic E-state index is 0.0640. The van der Waals surface area contributed by atoms with E-state index in [1.807, 2.05) is 19.1 Å². The standard InChI is InChI=1S/C18H14BrNO4/c1-10-4-3-5-15(23-2)16(10)20-17(21)13-9-11-8-12(19)6-7-14(11)24-18(13)22/h3-9H,1-2H3,(H,20,21). The second-order valence-electron chi connectivity index (χ2n) is 5.24. The number of nitrogens with one attached hydrogen (secondary N) is 1. The summed E-state index contributed by atoms with van der Waals surface area (Å²) >= 11 is 3.36. The number of anilines is 1. The lowest BCUT2D eigenvalue weighted by Crippen LogP contribution is -2.21. The Balaban J connectivity index is 2.03. The topological polar surface area (TPSA) is 68.5 Å². The van der Waals surface area contributed by atoms with Crippen LogP contribution in [0, 0.1) is 6.92 Å². The van der Waals surface area contributed by atoms with Crippen molar-refractivity contribution in [3.63, 3.8) is 0 Å². The van der Waals surface area contributed by atoms with Crippen LogP contribution in [0.15, 0.2) is 56.1 Å². The minimum atomic E-state index is -0.685. The molecule has 1 aromatic heterocycles. The van der Waals surface area contributed by atoms with E-state index in [-0.39, 0.29) is 5.56 Å². The smallest absolute Gasteiger partial charge is 0.349 e. The maximum atomic E-state index is 12.5. The van der Waals surface area contributed by atoms with Crippen molar-refractivity contribution in [3.05, 3.63) is 68.5 Å². The van der Waals surface area contributed by atoms with Gasteiger partial charge in [0.2, 0.25) is 0 Å². The first-order chi connectivity index (χ1) is 11.5. The van der Waals surface area contributed by atoms with Crippen molar-refractivity contribution in [1.82, 2.24) is 0 Å². The average Bonchev–Trinajstić information content (AvgIpc) is 2.56. The Labute approximate surface area is 146 Å². The van der Waals surface area contributed by atoms with Crippen LogP contribution in [0.5, 0.6) is 5.75 Å². The molecule has 2 aromatic carbocycles. The van der Waals surface area contributed by atoms with Crippen LogP contribution in [0.1, 0.15) is 15.9 Å². The molecule has 0 spiro atoms. The molecule has 0 unspecified atom stereocenters. The van der Waals surface area contributed by atoms with E-state index in [4.69, 9.17) is 9.15 Å². The van der Waals surface area contributed by atoms with Crippen LogP contribution < -0.4 is 15.7 Å². The Morgan fingerprint density at radius 1 is 1.21 bits per heavy atom. The van der Waals surface area contributed by atoms with Crippen LogP contribution in [0.25, 0.3) is 11.0 Å². The predicted molar refractivity (Wildman–Crippen MR) is 95.9 cm³/mol. The number of aryl methyl sites for hydroxylation is 1. The van der Waals surface area contributed by atoms with E-state index in [2.05, 4.69) is 21.2 Å². The van der Waals surface area contributed by atoms with Crippen molar-refractivity contribution in [1.29, 1.82) is 0 Å². The first-order valence-corrected chi connectivity index (χ1v) is 7.97. The zero-order valence-electron chi connectivity index (χ0n) is 13.1. The summed E-state index contributed by atoms with van der Waals surface area (Å²) in [6.07, 6.45) is 0. The Bertz CT molecular complexity index is 994. The maximum Gasteiger partial charge on any atom is 0.349 e. The van der Waals surface area contributed by atoms with Crippen LogP contribution in [-0.2, 0) is 0 Å².